The maximum Gasteiger partial charge on any atom is 0.328 e. The highest BCUT2D eigenvalue weighted by Gasteiger charge is 2.47. The molecular formula is C20H24BrN7O3. The van der Waals surface area contributed by atoms with Gasteiger partial charge in [-0.05, 0) is 48.0 Å². The Kier molecular flexibility index (Phi) is 5.94. The fourth-order valence-electron chi connectivity index (χ4n) is 4.17. The van der Waals surface area contributed by atoms with Gasteiger partial charge in [-0.3, -0.25) is 14.3 Å². The predicted molar refractivity (Wildman–Crippen MR) is 117 cm³/mol. The molecule has 0 radical (unpaired) electrons. The lowest BCUT2D eigenvalue weighted by atomic mass is 9.88. The summed E-state index contributed by atoms with van der Waals surface area (Å²) in [6, 6.07) is -0.110. The van der Waals surface area contributed by atoms with E-state index in [1.54, 1.807) is 32.4 Å². The molecule has 31 heavy (non-hydrogen) atoms. The van der Waals surface area contributed by atoms with Crippen LogP contribution < -0.4 is 16.4 Å². The number of anilines is 3. The topological polar surface area (TPSA) is 137 Å². The zero-order valence-electron chi connectivity index (χ0n) is 17.2. The molecule has 10 nitrogen and oxygen atoms in total. The molecule has 0 aromatic carbocycles. The number of nitrogens with one attached hydrogen (secondary N) is 2. The summed E-state index contributed by atoms with van der Waals surface area (Å²) in [6.45, 7) is 3.60. The second-order valence-corrected chi connectivity index (χ2v) is 8.88. The maximum atomic E-state index is 12.0. The third-order valence-corrected chi connectivity index (χ3v) is 5.96. The number of allylic oxidation sites excluding steroid dienone is 1. The molecule has 164 valence electrons. The van der Waals surface area contributed by atoms with Crippen LogP contribution in [0.4, 0.5) is 17.5 Å². The molecule has 2 aromatic rings. The number of primary amides is 1. The van der Waals surface area contributed by atoms with Gasteiger partial charge in [-0.1, -0.05) is 12.2 Å². The monoisotopic (exact) mass is 489 g/mol. The summed E-state index contributed by atoms with van der Waals surface area (Å²) in [7, 11) is 0. The summed E-state index contributed by atoms with van der Waals surface area (Å²) in [6.07, 6.45) is 9.82. The molecular weight excluding hydrogens is 466 g/mol. The number of rotatable bonds is 8. The molecule has 2 aromatic heterocycles. The lowest BCUT2D eigenvalue weighted by molar-refractivity contribution is -0.148. The first-order valence-corrected chi connectivity index (χ1v) is 10.8. The molecule has 2 aliphatic carbocycles. The molecule has 1 fully saturated rings. The van der Waals surface area contributed by atoms with Gasteiger partial charge in [0.05, 0.1) is 28.4 Å². The number of ether oxygens (including phenoxy) is 1. The summed E-state index contributed by atoms with van der Waals surface area (Å²) >= 11 is 3.47. The molecule has 0 unspecified atom stereocenters. The number of nitrogens with two attached hydrogens (primary N) is 1. The van der Waals surface area contributed by atoms with E-state index in [0.29, 0.717) is 21.9 Å². The van der Waals surface area contributed by atoms with Gasteiger partial charge in [0.15, 0.2) is 0 Å². The van der Waals surface area contributed by atoms with Crippen LogP contribution in [0.15, 0.2) is 35.2 Å². The van der Waals surface area contributed by atoms with Crippen LogP contribution in [0, 0.1) is 17.8 Å². The third-order valence-electron chi connectivity index (χ3n) is 5.38. The number of hydrogen-bond donors (Lipinski definition) is 3. The number of nitrogens with zero attached hydrogens (tertiary/aromatic N) is 4. The van der Waals surface area contributed by atoms with Crippen molar-refractivity contribution in [3.63, 3.8) is 0 Å². The van der Waals surface area contributed by atoms with Crippen molar-refractivity contribution in [2.75, 3.05) is 10.6 Å². The molecule has 0 spiro atoms. The number of fused-ring (bicyclic) bond motifs is 2. The van der Waals surface area contributed by atoms with Crippen molar-refractivity contribution in [3.8, 4) is 0 Å². The zero-order chi connectivity index (χ0) is 22.1. The van der Waals surface area contributed by atoms with Gasteiger partial charge in [-0.2, -0.15) is 10.1 Å². The predicted octanol–water partition coefficient (Wildman–Crippen LogP) is 2.22. The van der Waals surface area contributed by atoms with Crippen LogP contribution in [0.3, 0.4) is 0 Å². The smallest absolute Gasteiger partial charge is 0.328 e. The van der Waals surface area contributed by atoms with Crippen LogP contribution in [0.5, 0.6) is 0 Å². The number of carbonyl (C=O) groups is 2. The van der Waals surface area contributed by atoms with Crippen molar-refractivity contribution >= 4 is 45.3 Å². The van der Waals surface area contributed by atoms with Gasteiger partial charge in [0.1, 0.15) is 12.4 Å². The number of amides is 1. The molecule has 1 amide bonds. The number of aromatic nitrogens is 4. The Balaban J connectivity index is 1.45. The van der Waals surface area contributed by atoms with Crippen LogP contribution in [0.25, 0.3) is 0 Å². The first kappa shape index (κ1) is 21.3. The van der Waals surface area contributed by atoms with E-state index in [4.69, 9.17) is 10.5 Å². The molecule has 4 rings (SSSR count). The van der Waals surface area contributed by atoms with E-state index >= 15 is 0 Å². The van der Waals surface area contributed by atoms with Gasteiger partial charge < -0.3 is 21.1 Å². The molecule has 4 atom stereocenters. The quantitative estimate of drug-likeness (QED) is 0.379. The Labute approximate surface area is 187 Å². The lowest BCUT2D eigenvalue weighted by Gasteiger charge is -2.27. The Bertz CT molecular complexity index is 1020. The minimum Gasteiger partial charge on any atom is -0.462 e. The number of halogens is 1. The summed E-state index contributed by atoms with van der Waals surface area (Å²) < 4.78 is 7.28. The van der Waals surface area contributed by atoms with Gasteiger partial charge >= 0.3 is 5.97 Å². The van der Waals surface area contributed by atoms with E-state index in [-0.39, 0.29) is 48.3 Å². The molecule has 4 N–H and O–H groups in total. The molecule has 2 aliphatic rings. The number of carbonyl (C=O) groups excluding carboxylic acids is 2. The zero-order valence-corrected chi connectivity index (χ0v) is 18.7. The minimum absolute atomic E-state index is 0.0140. The van der Waals surface area contributed by atoms with E-state index in [9.17, 15) is 9.59 Å². The first-order valence-electron chi connectivity index (χ1n) is 10.1. The summed E-state index contributed by atoms with van der Waals surface area (Å²) in [4.78, 5) is 32.6. The van der Waals surface area contributed by atoms with Gasteiger partial charge in [0, 0.05) is 18.4 Å². The fourth-order valence-corrected chi connectivity index (χ4v) is 4.47. The van der Waals surface area contributed by atoms with Crippen LogP contribution in [0.2, 0.25) is 0 Å². The second kappa shape index (κ2) is 8.66. The molecule has 0 saturated heterocycles. The van der Waals surface area contributed by atoms with E-state index < -0.39 is 0 Å². The Morgan fingerprint density at radius 3 is 2.84 bits per heavy atom. The summed E-state index contributed by atoms with van der Waals surface area (Å²) in [5.74, 6) is 0.404. The van der Waals surface area contributed by atoms with Crippen molar-refractivity contribution in [1.29, 1.82) is 0 Å². The number of esters is 1. The standard InChI is InChI=1S/C20H24BrN7O3/c1-10(2)31-15(29)9-28-8-13(6-24-28)25-20-23-7-14(21)19(27-20)26-17-12-4-3-11(5-12)16(17)18(22)30/h3-4,6-8,10-12,16-17H,5,9H2,1-2H3,(H2,22,30)(H2,23,25,26,27)/t11-,12+,16+,17-/m0/s1. The van der Waals surface area contributed by atoms with Crippen molar-refractivity contribution in [2.45, 2.75) is 39.0 Å². The van der Waals surface area contributed by atoms with E-state index in [0.717, 1.165) is 6.42 Å². The highest BCUT2D eigenvalue weighted by Crippen LogP contribution is 2.45. The summed E-state index contributed by atoms with van der Waals surface area (Å²) in [5, 5.41) is 10.6. The van der Waals surface area contributed by atoms with Gasteiger partial charge in [-0.15, -0.1) is 0 Å². The SMILES string of the molecule is CC(C)OC(=O)Cn1cc(Nc2ncc(Br)c(N[C@@H]3[C@H](C(N)=O)[C@H]4C=C[C@@H]3C4)n2)cn1. The Morgan fingerprint density at radius 2 is 2.10 bits per heavy atom. The molecule has 1 saturated carbocycles. The number of hydrogen-bond acceptors (Lipinski definition) is 8. The van der Waals surface area contributed by atoms with Crippen molar-refractivity contribution in [3.05, 3.63) is 35.2 Å². The molecule has 2 heterocycles. The lowest BCUT2D eigenvalue weighted by Crippen LogP contribution is -2.41. The first-order chi connectivity index (χ1) is 14.8. The van der Waals surface area contributed by atoms with Gasteiger partial charge in [0.25, 0.3) is 0 Å². The van der Waals surface area contributed by atoms with E-state index in [1.807, 2.05) is 0 Å². The molecule has 0 aliphatic heterocycles. The normalized spacial score (nSPS) is 23.9. The van der Waals surface area contributed by atoms with Crippen molar-refractivity contribution in [2.24, 2.45) is 23.5 Å². The van der Waals surface area contributed by atoms with Crippen molar-refractivity contribution in [1.82, 2.24) is 19.7 Å². The minimum atomic E-state index is -0.361. The maximum absolute atomic E-state index is 12.0. The summed E-state index contributed by atoms with van der Waals surface area (Å²) in [5.41, 5.74) is 6.28. The van der Waals surface area contributed by atoms with Crippen LogP contribution in [-0.4, -0.2) is 43.8 Å². The average molecular weight is 490 g/mol. The van der Waals surface area contributed by atoms with Crippen molar-refractivity contribution < 1.29 is 14.3 Å². The van der Waals surface area contributed by atoms with Gasteiger partial charge in [0.2, 0.25) is 11.9 Å². The average Bonchev–Trinajstić information content (AvgIpc) is 3.40. The Hall–Kier alpha value is -2.95. The highest BCUT2D eigenvalue weighted by atomic mass is 79.9. The van der Waals surface area contributed by atoms with Crippen LogP contribution in [-0.2, 0) is 20.9 Å². The second-order valence-electron chi connectivity index (χ2n) is 8.03. The fraction of sp³-hybridized carbons (Fsp3) is 0.450. The van der Waals surface area contributed by atoms with Crippen LogP contribution in [0.1, 0.15) is 20.3 Å². The highest BCUT2D eigenvalue weighted by molar-refractivity contribution is 9.10. The third kappa shape index (κ3) is 4.71. The van der Waals surface area contributed by atoms with E-state index in [1.165, 1.54) is 4.68 Å². The largest absolute Gasteiger partial charge is 0.462 e. The Morgan fingerprint density at radius 1 is 1.32 bits per heavy atom. The van der Waals surface area contributed by atoms with E-state index in [2.05, 4.69) is 53.8 Å². The van der Waals surface area contributed by atoms with Gasteiger partial charge in [-0.25, -0.2) is 4.98 Å². The molecule has 2 bridgehead atoms. The molecule has 11 heteroatoms. The van der Waals surface area contributed by atoms with Crippen LogP contribution >= 0.6 is 15.9 Å².